The number of hydrogen-bond acceptors (Lipinski definition) is 3. The van der Waals surface area contributed by atoms with Gasteiger partial charge >= 0.3 is 0 Å². The zero-order chi connectivity index (χ0) is 11.7. The summed E-state index contributed by atoms with van der Waals surface area (Å²) in [6.07, 6.45) is 1.88. The molecule has 88 valence electrons. The van der Waals surface area contributed by atoms with Crippen molar-refractivity contribution in [2.24, 2.45) is 5.92 Å². The van der Waals surface area contributed by atoms with Crippen LogP contribution in [-0.2, 0) is 19.5 Å². The number of aromatic nitrogens is 2. The first-order valence-electron chi connectivity index (χ1n) is 5.84. The minimum atomic E-state index is 0.558. The smallest absolute Gasteiger partial charge is 0.170 e. The number of rotatable bonds is 3. The Morgan fingerprint density at radius 1 is 1.50 bits per heavy atom. The van der Waals surface area contributed by atoms with Crippen molar-refractivity contribution in [3.8, 4) is 0 Å². The van der Waals surface area contributed by atoms with Crippen LogP contribution < -0.4 is 0 Å². The average molecular weight is 221 g/mol. The van der Waals surface area contributed by atoms with Crippen molar-refractivity contribution in [2.45, 2.75) is 33.4 Å². The van der Waals surface area contributed by atoms with E-state index in [1.165, 1.54) is 5.69 Å². The molecule has 2 heterocycles. The van der Waals surface area contributed by atoms with E-state index in [-0.39, 0.29) is 0 Å². The summed E-state index contributed by atoms with van der Waals surface area (Å²) < 4.78 is 2.02. The molecule has 0 aromatic carbocycles. The van der Waals surface area contributed by atoms with Crippen LogP contribution in [0.1, 0.15) is 35.6 Å². The van der Waals surface area contributed by atoms with Crippen LogP contribution in [0.25, 0.3) is 0 Å². The molecule has 0 saturated carbocycles. The van der Waals surface area contributed by atoms with Crippen molar-refractivity contribution >= 4 is 6.29 Å². The Hall–Kier alpha value is -1.16. The second-order valence-electron chi connectivity index (χ2n) is 4.99. The molecule has 1 aromatic rings. The normalized spacial score (nSPS) is 16.5. The van der Waals surface area contributed by atoms with Crippen LogP contribution in [0.3, 0.4) is 0 Å². The van der Waals surface area contributed by atoms with Gasteiger partial charge < -0.3 is 4.90 Å². The molecule has 4 heteroatoms. The lowest BCUT2D eigenvalue weighted by Crippen LogP contribution is -2.28. The van der Waals surface area contributed by atoms with Gasteiger partial charge in [-0.05, 0) is 13.0 Å². The highest BCUT2D eigenvalue weighted by Crippen LogP contribution is 2.21. The van der Waals surface area contributed by atoms with Gasteiger partial charge in [-0.3, -0.25) is 9.48 Å². The molecule has 16 heavy (non-hydrogen) atoms. The summed E-state index contributed by atoms with van der Waals surface area (Å²) >= 11 is 0. The van der Waals surface area contributed by atoms with Gasteiger partial charge in [0.15, 0.2) is 6.29 Å². The fourth-order valence-corrected chi connectivity index (χ4v) is 2.24. The number of carbonyl (C=O) groups excluding carboxylic acids is 1. The van der Waals surface area contributed by atoms with E-state index in [4.69, 9.17) is 0 Å². The van der Waals surface area contributed by atoms with Crippen molar-refractivity contribution < 1.29 is 4.79 Å². The topological polar surface area (TPSA) is 38.1 Å². The third kappa shape index (κ3) is 2.02. The third-order valence-electron chi connectivity index (χ3n) is 3.01. The molecule has 0 spiro atoms. The van der Waals surface area contributed by atoms with Gasteiger partial charge in [0.25, 0.3) is 0 Å². The van der Waals surface area contributed by atoms with Crippen LogP contribution in [0.4, 0.5) is 0 Å². The molecule has 1 aromatic heterocycles. The SMILES string of the molecule is CC(C)Cn1nc(C=O)c2c1CCN(C)C2. The van der Waals surface area contributed by atoms with E-state index in [0.717, 1.165) is 37.9 Å². The highest BCUT2D eigenvalue weighted by atomic mass is 16.1. The fourth-order valence-electron chi connectivity index (χ4n) is 2.24. The van der Waals surface area contributed by atoms with Crippen molar-refractivity contribution in [1.82, 2.24) is 14.7 Å². The summed E-state index contributed by atoms with van der Waals surface area (Å²) in [5.41, 5.74) is 3.01. The quantitative estimate of drug-likeness (QED) is 0.723. The van der Waals surface area contributed by atoms with E-state index in [1.54, 1.807) is 0 Å². The van der Waals surface area contributed by atoms with Gasteiger partial charge in [0.1, 0.15) is 5.69 Å². The summed E-state index contributed by atoms with van der Waals surface area (Å²) in [7, 11) is 2.08. The maximum Gasteiger partial charge on any atom is 0.170 e. The van der Waals surface area contributed by atoms with Gasteiger partial charge in [-0.15, -0.1) is 0 Å². The van der Waals surface area contributed by atoms with Gasteiger partial charge in [0.05, 0.1) is 0 Å². The molecule has 1 aliphatic rings. The minimum absolute atomic E-state index is 0.558. The molecule has 0 amide bonds. The molecule has 0 saturated heterocycles. The lowest BCUT2D eigenvalue weighted by molar-refractivity contribution is 0.111. The van der Waals surface area contributed by atoms with Crippen LogP contribution in [0.5, 0.6) is 0 Å². The molecule has 0 aliphatic carbocycles. The van der Waals surface area contributed by atoms with E-state index >= 15 is 0 Å². The molecular formula is C12H19N3O. The van der Waals surface area contributed by atoms with E-state index in [9.17, 15) is 4.79 Å². The lowest BCUT2D eigenvalue weighted by atomic mass is 10.1. The predicted octanol–water partition coefficient (Wildman–Crippen LogP) is 1.34. The van der Waals surface area contributed by atoms with Gasteiger partial charge in [0, 0.05) is 37.3 Å². The second-order valence-corrected chi connectivity index (χ2v) is 4.99. The van der Waals surface area contributed by atoms with Crippen molar-refractivity contribution in [1.29, 1.82) is 0 Å². The maximum absolute atomic E-state index is 11.0. The Morgan fingerprint density at radius 2 is 2.25 bits per heavy atom. The van der Waals surface area contributed by atoms with Crippen LogP contribution >= 0.6 is 0 Å². The molecule has 0 atom stereocenters. The highest BCUT2D eigenvalue weighted by Gasteiger charge is 2.22. The molecule has 0 bridgehead atoms. The first-order valence-corrected chi connectivity index (χ1v) is 5.84. The first-order chi connectivity index (χ1) is 7.61. The lowest BCUT2D eigenvalue weighted by Gasteiger charge is -2.23. The van der Waals surface area contributed by atoms with Crippen LogP contribution in [-0.4, -0.2) is 34.6 Å². The highest BCUT2D eigenvalue weighted by molar-refractivity contribution is 5.74. The number of hydrogen-bond donors (Lipinski definition) is 0. The van der Waals surface area contributed by atoms with Gasteiger partial charge in [-0.1, -0.05) is 13.8 Å². The van der Waals surface area contributed by atoms with E-state index in [2.05, 4.69) is 30.9 Å². The zero-order valence-corrected chi connectivity index (χ0v) is 10.2. The molecule has 0 radical (unpaired) electrons. The van der Waals surface area contributed by atoms with Gasteiger partial charge in [-0.25, -0.2) is 0 Å². The Morgan fingerprint density at radius 3 is 2.88 bits per heavy atom. The number of likely N-dealkylation sites (N-methyl/N-ethyl adjacent to an activating group) is 1. The van der Waals surface area contributed by atoms with Crippen molar-refractivity contribution in [3.05, 3.63) is 17.0 Å². The first kappa shape index (κ1) is 11.3. The standard InChI is InChI=1S/C12H19N3O/c1-9(2)6-15-12-4-5-14(3)7-10(12)11(8-16)13-15/h8-9H,4-7H2,1-3H3. The largest absolute Gasteiger partial charge is 0.302 e. The minimum Gasteiger partial charge on any atom is -0.302 e. The van der Waals surface area contributed by atoms with Crippen molar-refractivity contribution in [2.75, 3.05) is 13.6 Å². The summed E-state index contributed by atoms with van der Waals surface area (Å²) in [4.78, 5) is 13.2. The van der Waals surface area contributed by atoms with Crippen LogP contribution in [0.15, 0.2) is 0 Å². The molecular weight excluding hydrogens is 202 g/mol. The van der Waals surface area contributed by atoms with Crippen LogP contribution in [0.2, 0.25) is 0 Å². The zero-order valence-electron chi connectivity index (χ0n) is 10.2. The Kier molecular flexibility index (Phi) is 3.10. The van der Waals surface area contributed by atoms with Gasteiger partial charge in [-0.2, -0.15) is 5.10 Å². The average Bonchev–Trinajstić information content (AvgIpc) is 2.55. The van der Waals surface area contributed by atoms with Crippen molar-refractivity contribution in [3.63, 3.8) is 0 Å². The third-order valence-corrected chi connectivity index (χ3v) is 3.01. The Labute approximate surface area is 96.2 Å². The summed E-state index contributed by atoms with van der Waals surface area (Å²) in [5.74, 6) is 0.558. The molecule has 4 nitrogen and oxygen atoms in total. The fraction of sp³-hybridized carbons (Fsp3) is 0.667. The second kappa shape index (κ2) is 4.37. The van der Waals surface area contributed by atoms with E-state index < -0.39 is 0 Å². The summed E-state index contributed by atoms with van der Waals surface area (Å²) in [5, 5.41) is 4.41. The van der Waals surface area contributed by atoms with E-state index in [0.29, 0.717) is 11.6 Å². The molecule has 0 unspecified atom stereocenters. The predicted molar refractivity (Wildman–Crippen MR) is 62.5 cm³/mol. The number of aldehydes is 1. The maximum atomic E-state index is 11.0. The number of nitrogens with zero attached hydrogens (tertiary/aromatic N) is 3. The number of fused-ring (bicyclic) bond motifs is 1. The van der Waals surface area contributed by atoms with Crippen LogP contribution in [0, 0.1) is 5.92 Å². The molecule has 1 aliphatic heterocycles. The molecule has 0 fully saturated rings. The molecule has 2 rings (SSSR count). The Bertz CT molecular complexity index is 395. The monoisotopic (exact) mass is 221 g/mol. The molecule has 0 N–H and O–H groups in total. The van der Waals surface area contributed by atoms with E-state index in [1.807, 2.05) is 4.68 Å². The van der Waals surface area contributed by atoms with Gasteiger partial charge in [0.2, 0.25) is 0 Å². The summed E-state index contributed by atoms with van der Waals surface area (Å²) in [6, 6.07) is 0. The number of carbonyl (C=O) groups is 1. The summed E-state index contributed by atoms with van der Waals surface area (Å²) in [6.45, 7) is 7.14. The Balaban J connectivity index is 2.37.